The van der Waals surface area contributed by atoms with Gasteiger partial charge in [0, 0.05) is 29.3 Å². The predicted octanol–water partition coefficient (Wildman–Crippen LogP) is 4.34. The number of hydrogen-bond donors (Lipinski definition) is 1. The van der Waals surface area contributed by atoms with E-state index in [1.54, 1.807) is 44.4 Å². The third-order valence-corrected chi connectivity index (χ3v) is 4.70. The van der Waals surface area contributed by atoms with Crippen molar-refractivity contribution in [3.8, 4) is 17.2 Å². The van der Waals surface area contributed by atoms with Gasteiger partial charge in [-0.2, -0.15) is 0 Å². The molecular weight excluding hydrogens is 386 g/mol. The highest BCUT2D eigenvalue weighted by Crippen LogP contribution is 2.30. The van der Waals surface area contributed by atoms with E-state index in [0.717, 1.165) is 10.9 Å². The molecule has 1 aromatic heterocycles. The summed E-state index contributed by atoms with van der Waals surface area (Å²) in [6, 6.07) is 11.8. The average Bonchev–Trinajstić information content (AvgIpc) is 2.72. The van der Waals surface area contributed by atoms with Crippen LogP contribution in [0.25, 0.3) is 11.0 Å². The summed E-state index contributed by atoms with van der Waals surface area (Å²) in [6.45, 7) is 5.67. The summed E-state index contributed by atoms with van der Waals surface area (Å²) in [4.78, 5) is 24.4. The Morgan fingerprint density at radius 2 is 1.70 bits per heavy atom. The van der Waals surface area contributed by atoms with Crippen LogP contribution < -0.4 is 25.2 Å². The van der Waals surface area contributed by atoms with Crippen LogP contribution >= 0.6 is 0 Å². The van der Waals surface area contributed by atoms with Crippen LogP contribution in [0.4, 0.5) is 5.69 Å². The normalized spacial score (nSPS) is 11.9. The Bertz CT molecular complexity index is 1120. The summed E-state index contributed by atoms with van der Waals surface area (Å²) in [5.41, 5.74) is 1.48. The first-order valence-electron chi connectivity index (χ1n) is 9.59. The number of rotatable bonds is 7. The third kappa shape index (κ3) is 4.56. The van der Waals surface area contributed by atoms with Gasteiger partial charge in [0.1, 0.15) is 11.3 Å². The first-order valence-corrected chi connectivity index (χ1v) is 9.59. The number of methoxy groups -OCH3 is 2. The quantitative estimate of drug-likeness (QED) is 0.582. The summed E-state index contributed by atoms with van der Waals surface area (Å²) < 4.78 is 21.5. The standard InChI is InChI=1S/C23H25NO6/c1-13(2)18-12-22(25)30-20-11-16(7-8-17(18)20)29-14(3)23(26)24-15-6-9-19(27-4)21(10-15)28-5/h6-14H,1-5H3,(H,24,26)/t14-/m0/s1. The van der Waals surface area contributed by atoms with Crippen LogP contribution in [0.1, 0.15) is 32.3 Å². The molecule has 3 aromatic rings. The van der Waals surface area contributed by atoms with Crippen LogP contribution in [-0.2, 0) is 4.79 Å². The summed E-state index contributed by atoms with van der Waals surface area (Å²) in [6.07, 6.45) is -0.782. The minimum absolute atomic E-state index is 0.176. The fourth-order valence-corrected chi connectivity index (χ4v) is 3.13. The highest BCUT2D eigenvalue weighted by atomic mass is 16.5. The summed E-state index contributed by atoms with van der Waals surface area (Å²) >= 11 is 0. The van der Waals surface area contributed by atoms with Gasteiger partial charge in [0.25, 0.3) is 5.91 Å². The number of benzene rings is 2. The maximum atomic E-state index is 12.6. The lowest BCUT2D eigenvalue weighted by Crippen LogP contribution is -2.30. The Kier molecular flexibility index (Phi) is 6.30. The molecule has 1 atom stereocenters. The lowest BCUT2D eigenvalue weighted by Gasteiger charge is -2.16. The van der Waals surface area contributed by atoms with Gasteiger partial charge in [-0.1, -0.05) is 13.8 Å². The van der Waals surface area contributed by atoms with Gasteiger partial charge < -0.3 is 23.9 Å². The molecule has 3 rings (SSSR count). The van der Waals surface area contributed by atoms with E-state index in [9.17, 15) is 9.59 Å². The van der Waals surface area contributed by atoms with Crippen LogP contribution in [-0.4, -0.2) is 26.2 Å². The largest absolute Gasteiger partial charge is 0.493 e. The van der Waals surface area contributed by atoms with Crippen LogP contribution in [0.2, 0.25) is 0 Å². The molecule has 0 aliphatic rings. The van der Waals surface area contributed by atoms with Crippen molar-refractivity contribution in [1.29, 1.82) is 0 Å². The van der Waals surface area contributed by atoms with Gasteiger partial charge in [-0.3, -0.25) is 4.79 Å². The molecule has 0 spiro atoms. The second-order valence-corrected chi connectivity index (χ2v) is 7.15. The summed E-state index contributed by atoms with van der Waals surface area (Å²) in [5.74, 6) is 1.35. The van der Waals surface area contributed by atoms with E-state index >= 15 is 0 Å². The second kappa shape index (κ2) is 8.90. The maximum absolute atomic E-state index is 12.6. The molecule has 1 amide bonds. The van der Waals surface area contributed by atoms with E-state index in [1.165, 1.54) is 13.2 Å². The number of anilines is 1. The molecule has 7 nitrogen and oxygen atoms in total. The molecule has 0 aliphatic heterocycles. The predicted molar refractivity (Wildman–Crippen MR) is 115 cm³/mol. The van der Waals surface area contributed by atoms with Crippen molar-refractivity contribution in [2.24, 2.45) is 0 Å². The average molecular weight is 411 g/mol. The minimum Gasteiger partial charge on any atom is -0.493 e. The van der Waals surface area contributed by atoms with E-state index in [-0.39, 0.29) is 11.8 Å². The molecule has 0 saturated heterocycles. The number of carbonyl (C=O) groups excluding carboxylic acids is 1. The Hall–Kier alpha value is -3.48. The van der Waals surface area contributed by atoms with Crippen molar-refractivity contribution in [3.05, 3.63) is 58.4 Å². The number of nitrogens with one attached hydrogen (secondary N) is 1. The van der Waals surface area contributed by atoms with E-state index in [2.05, 4.69) is 5.32 Å². The highest BCUT2D eigenvalue weighted by molar-refractivity contribution is 5.94. The zero-order valence-electron chi connectivity index (χ0n) is 17.6. The van der Waals surface area contributed by atoms with Gasteiger partial charge in [0.2, 0.25) is 0 Å². The van der Waals surface area contributed by atoms with Crippen molar-refractivity contribution in [2.45, 2.75) is 32.8 Å². The zero-order chi connectivity index (χ0) is 21.8. The van der Waals surface area contributed by atoms with Crippen LogP contribution in [0.5, 0.6) is 17.2 Å². The van der Waals surface area contributed by atoms with Crippen molar-refractivity contribution < 1.29 is 23.4 Å². The molecule has 0 radical (unpaired) electrons. The van der Waals surface area contributed by atoms with E-state index in [1.807, 2.05) is 19.9 Å². The molecule has 7 heteroatoms. The third-order valence-electron chi connectivity index (χ3n) is 4.70. The monoisotopic (exact) mass is 411 g/mol. The molecule has 158 valence electrons. The molecule has 1 N–H and O–H groups in total. The van der Waals surface area contributed by atoms with Crippen molar-refractivity contribution in [1.82, 2.24) is 0 Å². The first-order chi connectivity index (χ1) is 14.3. The Morgan fingerprint density at radius 1 is 0.967 bits per heavy atom. The van der Waals surface area contributed by atoms with Gasteiger partial charge in [0.15, 0.2) is 17.6 Å². The molecule has 30 heavy (non-hydrogen) atoms. The number of ether oxygens (including phenoxy) is 3. The molecule has 1 heterocycles. The summed E-state index contributed by atoms with van der Waals surface area (Å²) in [5, 5.41) is 3.63. The lowest BCUT2D eigenvalue weighted by molar-refractivity contribution is -0.122. The fraction of sp³-hybridized carbons (Fsp3) is 0.304. The van der Waals surface area contributed by atoms with Crippen molar-refractivity contribution in [3.63, 3.8) is 0 Å². The number of fused-ring (bicyclic) bond motifs is 1. The SMILES string of the molecule is COc1ccc(NC(=O)[C@H](C)Oc2ccc3c(C(C)C)cc(=O)oc3c2)cc1OC. The summed E-state index contributed by atoms with van der Waals surface area (Å²) in [7, 11) is 3.07. The minimum atomic E-state index is -0.782. The topological polar surface area (TPSA) is 87.0 Å². The van der Waals surface area contributed by atoms with Crippen molar-refractivity contribution in [2.75, 3.05) is 19.5 Å². The molecule has 0 unspecified atom stereocenters. The number of amides is 1. The van der Waals surface area contributed by atoms with E-state index in [0.29, 0.717) is 28.5 Å². The molecule has 0 bridgehead atoms. The molecule has 0 fully saturated rings. The smallest absolute Gasteiger partial charge is 0.336 e. The highest BCUT2D eigenvalue weighted by Gasteiger charge is 2.17. The van der Waals surface area contributed by atoms with E-state index in [4.69, 9.17) is 18.6 Å². The van der Waals surface area contributed by atoms with Gasteiger partial charge >= 0.3 is 5.63 Å². The number of hydrogen-bond acceptors (Lipinski definition) is 6. The Labute approximate surface area is 174 Å². The van der Waals surface area contributed by atoms with Crippen LogP contribution in [0.3, 0.4) is 0 Å². The molecule has 0 saturated carbocycles. The van der Waals surface area contributed by atoms with Crippen LogP contribution in [0.15, 0.2) is 51.7 Å². The Balaban J connectivity index is 1.76. The number of carbonyl (C=O) groups is 1. The molecule has 2 aromatic carbocycles. The fourth-order valence-electron chi connectivity index (χ4n) is 3.13. The zero-order valence-corrected chi connectivity index (χ0v) is 17.6. The maximum Gasteiger partial charge on any atom is 0.336 e. The van der Waals surface area contributed by atoms with Gasteiger partial charge in [-0.25, -0.2) is 4.79 Å². The van der Waals surface area contributed by atoms with Gasteiger partial charge in [-0.15, -0.1) is 0 Å². The van der Waals surface area contributed by atoms with Crippen molar-refractivity contribution >= 4 is 22.6 Å². The lowest BCUT2D eigenvalue weighted by atomic mass is 10.00. The molecular formula is C23H25NO6. The second-order valence-electron chi connectivity index (χ2n) is 7.15. The van der Waals surface area contributed by atoms with Crippen LogP contribution in [0, 0.1) is 0 Å². The van der Waals surface area contributed by atoms with Gasteiger partial charge in [-0.05, 0) is 42.7 Å². The van der Waals surface area contributed by atoms with E-state index < -0.39 is 11.7 Å². The van der Waals surface area contributed by atoms with Gasteiger partial charge in [0.05, 0.1) is 14.2 Å². The first kappa shape index (κ1) is 21.2. The molecule has 0 aliphatic carbocycles. The Morgan fingerprint density at radius 3 is 2.37 bits per heavy atom.